The van der Waals surface area contributed by atoms with E-state index in [0.29, 0.717) is 16.8 Å². The molecule has 1 rings (SSSR count). The predicted octanol–water partition coefficient (Wildman–Crippen LogP) is 1.45. The van der Waals surface area contributed by atoms with E-state index in [4.69, 9.17) is 4.74 Å². The van der Waals surface area contributed by atoms with Crippen LogP contribution in [0.25, 0.3) is 0 Å². The zero-order valence-corrected chi connectivity index (χ0v) is 12.0. The van der Waals surface area contributed by atoms with Gasteiger partial charge in [0.15, 0.2) is 0 Å². The molecule has 0 aliphatic rings. The van der Waals surface area contributed by atoms with E-state index in [1.54, 1.807) is 27.7 Å². The Morgan fingerprint density at radius 2 is 2.20 bits per heavy atom. The van der Waals surface area contributed by atoms with Crippen molar-refractivity contribution in [1.29, 1.82) is 0 Å². The van der Waals surface area contributed by atoms with E-state index in [1.807, 2.05) is 0 Å². The number of aromatic nitrogens is 1. The van der Waals surface area contributed by atoms with E-state index in [9.17, 15) is 15.0 Å². The van der Waals surface area contributed by atoms with Gasteiger partial charge in [-0.25, -0.2) is 10.2 Å². The number of carbonyl (C=O) groups is 1. The second-order valence-electron chi connectivity index (χ2n) is 5.16. The Kier molecular flexibility index (Phi) is 5.04. The molecule has 0 radical (unpaired) electrons. The normalized spacial score (nSPS) is 11.7. The number of nitrogens with zero attached hydrogens (tertiary/aromatic N) is 2. The monoisotopic (exact) mass is 281 g/mol. The summed E-state index contributed by atoms with van der Waals surface area (Å²) in [6, 6.07) is 0. The lowest BCUT2D eigenvalue weighted by atomic mass is 10.1. The number of hydrogen-bond donors (Lipinski definition) is 3. The van der Waals surface area contributed by atoms with Crippen molar-refractivity contribution in [3.05, 3.63) is 23.0 Å². The summed E-state index contributed by atoms with van der Waals surface area (Å²) in [4.78, 5) is 15.3. The van der Waals surface area contributed by atoms with Crippen LogP contribution in [0.4, 0.5) is 4.79 Å². The molecule has 0 unspecified atom stereocenters. The van der Waals surface area contributed by atoms with Gasteiger partial charge in [-0.1, -0.05) is 0 Å². The molecular weight excluding hydrogens is 262 g/mol. The van der Waals surface area contributed by atoms with Crippen molar-refractivity contribution < 1.29 is 19.7 Å². The summed E-state index contributed by atoms with van der Waals surface area (Å²) < 4.78 is 5.00. The molecule has 110 valence electrons. The van der Waals surface area contributed by atoms with Gasteiger partial charge in [0.2, 0.25) is 0 Å². The number of nitrogens with one attached hydrogen (secondary N) is 1. The molecule has 0 aromatic carbocycles. The van der Waals surface area contributed by atoms with Crippen LogP contribution in [0.3, 0.4) is 0 Å². The van der Waals surface area contributed by atoms with Crippen LogP contribution in [0.1, 0.15) is 37.6 Å². The molecule has 0 aliphatic heterocycles. The average Bonchev–Trinajstić information content (AvgIpc) is 2.32. The predicted molar refractivity (Wildman–Crippen MR) is 73.5 cm³/mol. The second-order valence-corrected chi connectivity index (χ2v) is 5.16. The van der Waals surface area contributed by atoms with Gasteiger partial charge in [-0.3, -0.25) is 4.98 Å². The summed E-state index contributed by atoms with van der Waals surface area (Å²) in [7, 11) is 0. The number of carbonyl (C=O) groups excluding carboxylic acids is 1. The Bertz CT molecular complexity index is 521. The number of pyridine rings is 1. The number of amides is 1. The van der Waals surface area contributed by atoms with Gasteiger partial charge < -0.3 is 14.9 Å². The van der Waals surface area contributed by atoms with Gasteiger partial charge in [0.1, 0.15) is 11.4 Å². The molecule has 1 amide bonds. The molecule has 3 N–H and O–H groups in total. The molecule has 1 heterocycles. The summed E-state index contributed by atoms with van der Waals surface area (Å²) in [6.45, 7) is 6.53. The second kappa shape index (κ2) is 6.33. The first-order valence-electron chi connectivity index (χ1n) is 6.05. The Balaban J connectivity index is 2.81. The van der Waals surface area contributed by atoms with Gasteiger partial charge >= 0.3 is 6.09 Å². The van der Waals surface area contributed by atoms with E-state index in [-0.39, 0.29) is 12.4 Å². The smallest absolute Gasteiger partial charge is 0.428 e. The van der Waals surface area contributed by atoms with E-state index in [2.05, 4.69) is 15.5 Å². The van der Waals surface area contributed by atoms with Gasteiger partial charge in [0.25, 0.3) is 0 Å². The molecule has 0 atom stereocenters. The third kappa shape index (κ3) is 4.51. The van der Waals surface area contributed by atoms with Crippen LogP contribution < -0.4 is 5.43 Å². The van der Waals surface area contributed by atoms with Gasteiger partial charge in [0, 0.05) is 17.3 Å². The van der Waals surface area contributed by atoms with Crippen molar-refractivity contribution in [2.24, 2.45) is 5.10 Å². The largest absolute Gasteiger partial charge is 0.505 e. The number of hydrogen-bond acceptors (Lipinski definition) is 6. The number of aryl methyl sites for hydroxylation is 1. The van der Waals surface area contributed by atoms with Crippen molar-refractivity contribution in [3.8, 4) is 5.75 Å². The number of rotatable bonds is 3. The van der Waals surface area contributed by atoms with Gasteiger partial charge in [-0.2, -0.15) is 5.10 Å². The van der Waals surface area contributed by atoms with E-state index >= 15 is 0 Å². The lowest BCUT2D eigenvalue weighted by Gasteiger charge is -2.18. The molecule has 0 spiro atoms. The molecule has 1 aromatic heterocycles. The van der Waals surface area contributed by atoms with Gasteiger partial charge in [-0.15, -0.1) is 0 Å². The number of aliphatic hydroxyl groups is 1. The Labute approximate surface area is 117 Å². The SMILES string of the molecule is Cc1ncc(CO)c(/C=N/NC(=O)OC(C)(C)C)c1O. The summed E-state index contributed by atoms with van der Waals surface area (Å²) in [5.41, 5.74) is 2.67. The molecule has 0 bridgehead atoms. The van der Waals surface area contributed by atoms with Gasteiger partial charge in [-0.05, 0) is 27.7 Å². The molecular formula is C13H19N3O4. The molecule has 0 saturated carbocycles. The van der Waals surface area contributed by atoms with Crippen LogP contribution in [0.5, 0.6) is 5.75 Å². The maximum absolute atomic E-state index is 11.4. The Hall–Kier alpha value is -2.15. The van der Waals surface area contributed by atoms with Crippen molar-refractivity contribution in [2.45, 2.75) is 39.9 Å². The molecule has 1 aromatic rings. The minimum atomic E-state index is -0.704. The van der Waals surface area contributed by atoms with Crippen LogP contribution in [0.15, 0.2) is 11.3 Å². The molecule has 0 fully saturated rings. The highest BCUT2D eigenvalue weighted by Crippen LogP contribution is 2.21. The number of hydrazone groups is 1. The number of aliphatic hydroxyl groups excluding tert-OH is 1. The number of aromatic hydroxyl groups is 1. The van der Waals surface area contributed by atoms with Crippen LogP contribution in [0, 0.1) is 6.92 Å². The van der Waals surface area contributed by atoms with Crippen molar-refractivity contribution >= 4 is 12.3 Å². The Morgan fingerprint density at radius 1 is 1.55 bits per heavy atom. The molecule has 0 aliphatic carbocycles. The topological polar surface area (TPSA) is 104 Å². The van der Waals surface area contributed by atoms with Crippen molar-refractivity contribution in [1.82, 2.24) is 10.4 Å². The van der Waals surface area contributed by atoms with E-state index in [1.165, 1.54) is 12.4 Å². The van der Waals surface area contributed by atoms with Crippen molar-refractivity contribution in [3.63, 3.8) is 0 Å². The maximum atomic E-state index is 11.4. The highest BCUT2D eigenvalue weighted by molar-refractivity contribution is 5.86. The fourth-order valence-electron chi connectivity index (χ4n) is 1.37. The molecule has 7 nitrogen and oxygen atoms in total. The lowest BCUT2D eigenvalue weighted by Crippen LogP contribution is -2.29. The summed E-state index contributed by atoms with van der Waals surface area (Å²) in [5.74, 6) is -0.0914. The van der Waals surface area contributed by atoms with Crippen molar-refractivity contribution in [2.75, 3.05) is 0 Å². The quantitative estimate of drug-likeness (QED) is 0.574. The van der Waals surface area contributed by atoms with Crippen LogP contribution in [-0.2, 0) is 11.3 Å². The molecule has 20 heavy (non-hydrogen) atoms. The van der Waals surface area contributed by atoms with Gasteiger partial charge in [0.05, 0.1) is 18.5 Å². The zero-order chi connectivity index (χ0) is 15.3. The first kappa shape index (κ1) is 15.9. The first-order chi connectivity index (χ1) is 9.24. The Morgan fingerprint density at radius 3 is 2.75 bits per heavy atom. The van der Waals surface area contributed by atoms with Crippen LogP contribution in [-0.4, -0.2) is 33.1 Å². The highest BCUT2D eigenvalue weighted by Gasteiger charge is 2.15. The fourth-order valence-corrected chi connectivity index (χ4v) is 1.37. The molecule has 7 heteroatoms. The minimum Gasteiger partial charge on any atom is -0.505 e. The maximum Gasteiger partial charge on any atom is 0.428 e. The van der Waals surface area contributed by atoms with E-state index < -0.39 is 11.7 Å². The highest BCUT2D eigenvalue weighted by atomic mass is 16.6. The third-order valence-corrected chi connectivity index (χ3v) is 2.28. The van der Waals surface area contributed by atoms with E-state index in [0.717, 1.165) is 0 Å². The zero-order valence-electron chi connectivity index (χ0n) is 12.0. The lowest BCUT2D eigenvalue weighted by molar-refractivity contribution is 0.0529. The minimum absolute atomic E-state index is 0.0914. The average molecular weight is 281 g/mol. The van der Waals surface area contributed by atoms with Crippen LogP contribution in [0.2, 0.25) is 0 Å². The summed E-state index contributed by atoms with van der Waals surface area (Å²) in [5, 5.41) is 22.7. The summed E-state index contributed by atoms with van der Waals surface area (Å²) in [6.07, 6.45) is 1.97. The van der Waals surface area contributed by atoms with Crippen LogP contribution >= 0.6 is 0 Å². The fraction of sp³-hybridized carbons (Fsp3) is 0.462. The standard InChI is InChI=1S/C13H19N3O4/c1-8-11(18)10(9(7-17)5-14-8)6-15-16-12(19)20-13(2,3)4/h5-6,17-18H,7H2,1-4H3,(H,16,19)/b15-6+. The number of ether oxygens (including phenoxy) is 1. The summed E-state index contributed by atoms with van der Waals surface area (Å²) >= 11 is 0. The first-order valence-corrected chi connectivity index (χ1v) is 6.05. The molecule has 0 saturated heterocycles. The third-order valence-electron chi connectivity index (χ3n) is 2.28.